The van der Waals surface area contributed by atoms with Crippen molar-refractivity contribution >= 4 is 16.3 Å². The van der Waals surface area contributed by atoms with E-state index in [1.54, 1.807) is 11.3 Å². The predicted molar refractivity (Wildman–Crippen MR) is 76.5 cm³/mol. The highest BCUT2D eigenvalue weighted by atomic mass is 32.1. The summed E-state index contributed by atoms with van der Waals surface area (Å²) in [5.74, 6) is 1.68. The van der Waals surface area contributed by atoms with Gasteiger partial charge in [-0.05, 0) is 12.8 Å². The van der Waals surface area contributed by atoms with Crippen LogP contribution in [0.1, 0.15) is 68.6 Å². The molecule has 2 unspecified atom stereocenters. The zero-order chi connectivity index (χ0) is 13.4. The van der Waals surface area contributed by atoms with Crippen molar-refractivity contribution in [1.29, 1.82) is 0 Å². The van der Waals surface area contributed by atoms with Gasteiger partial charge in [0.05, 0.1) is 0 Å². The molecule has 2 N–H and O–H groups in total. The maximum Gasteiger partial charge on any atom is 0.234 e. The fourth-order valence-electron chi connectivity index (χ4n) is 2.80. The second-order valence-electron chi connectivity index (χ2n) is 5.76. The van der Waals surface area contributed by atoms with Crippen molar-refractivity contribution < 1.29 is 0 Å². The molecule has 5 nitrogen and oxygen atoms in total. The van der Waals surface area contributed by atoms with Crippen LogP contribution in [0.4, 0.5) is 0 Å². The SMILES string of the molecule is CC(C)c1nnc2sc(C3CCCCCC3N)nn12. The monoisotopic (exact) mass is 279 g/mol. The largest absolute Gasteiger partial charge is 0.327 e. The summed E-state index contributed by atoms with van der Waals surface area (Å²) in [6.07, 6.45) is 6.07. The van der Waals surface area contributed by atoms with Crippen molar-refractivity contribution in [2.45, 2.75) is 63.8 Å². The third-order valence-corrected chi connectivity index (χ3v) is 4.96. The van der Waals surface area contributed by atoms with Crippen molar-refractivity contribution in [3.63, 3.8) is 0 Å². The van der Waals surface area contributed by atoms with Gasteiger partial charge in [0.15, 0.2) is 5.82 Å². The first-order valence-corrected chi connectivity index (χ1v) is 7.96. The first-order chi connectivity index (χ1) is 9.16. The lowest BCUT2D eigenvalue weighted by Gasteiger charge is -2.17. The molecule has 0 spiro atoms. The second kappa shape index (κ2) is 5.17. The Balaban J connectivity index is 1.96. The molecule has 0 bridgehead atoms. The van der Waals surface area contributed by atoms with Crippen LogP contribution >= 0.6 is 11.3 Å². The molecule has 0 amide bonds. The fourth-order valence-corrected chi connectivity index (χ4v) is 3.86. The first kappa shape index (κ1) is 13.0. The van der Waals surface area contributed by atoms with Crippen molar-refractivity contribution in [1.82, 2.24) is 19.8 Å². The summed E-state index contributed by atoms with van der Waals surface area (Å²) < 4.78 is 1.91. The second-order valence-corrected chi connectivity index (χ2v) is 6.74. The van der Waals surface area contributed by atoms with Crippen LogP contribution in [-0.2, 0) is 0 Å². The van der Waals surface area contributed by atoms with Crippen molar-refractivity contribution in [3.8, 4) is 0 Å². The van der Waals surface area contributed by atoms with E-state index in [1.165, 1.54) is 19.3 Å². The van der Waals surface area contributed by atoms with Gasteiger partial charge in [-0.15, -0.1) is 10.2 Å². The standard InChI is InChI=1S/C13H21N5S/c1-8(2)11-15-16-13-18(11)17-12(19-13)9-6-4-3-5-7-10(9)14/h8-10H,3-7,14H2,1-2H3. The van der Waals surface area contributed by atoms with Crippen LogP contribution in [-0.4, -0.2) is 25.9 Å². The molecule has 2 atom stereocenters. The van der Waals surface area contributed by atoms with Gasteiger partial charge in [0.1, 0.15) is 5.01 Å². The van der Waals surface area contributed by atoms with Gasteiger partial charge in [-0.3, -0.25) is 0 Å². The van der Waals surface area contributed by atoms with E-state index in [0.717, 1.165) is 28.6 Å². The minimum absolute atomic E-state index is 0.244. The lowest BCUT2D eigenvalue weighted by atomic mass is 9.96. The number of rotatable bonds is 2. The average molecular weight is 279 g/mol. The Hall–Kier alpha value is -1.01. The maximum atomic E-state index is 6.32. The molecule has 1 saturated carbocycles. The minimum atomic E-state index is 0.244. The average Bonchev–Trinajstić information content (AvgIpc) is 2.86. The Morgan fingerprint density at radius 3 is 2.79 bits per heavy atom. The number of hydrogen-bond donors (Lipinski definition) is 1. The maximum absolute atomic E-state index is 6.32. The minimum Gasteiger partial charge on any atom is -0.327 e. The van der Waals surface area contributed by atoms with E-state index in [9.17, 15) is 0 Å². The summed E-state index contributed by atoms with van der Waals surface area (Å²) in [7, 11) is 0. The molecule has 3 rings (SSSR count). The summed E-state index contributed by atoms with van der Waals surface area (Å²) >= 11 is 1.65. The third kappa shape index (κ3) is 2.39. The van der Waals surface area contributed by atoms with E-state index in [0.29, 0.717) is 11.8 Å². The van der Waals surface area contributed by atoms with Crippen LogP contribution in [0.5, 0.6) is 0 Å². The molecular weight excluding hydrogens is 258 g/mol. The molecule has 2 aromatic heterocycles. The van der Waals surface area contributed by atoms with Gasteiger partial charge in [0, 0.05) is 17.9 Å². The van der Waals surface area contributed by atoms with E-state index in [-0.39, 0.29) is 6.04 Å². The molecule has 19 heavy (non-hydrogen) atoms. The van der Waals surface area contributed by atoms with Crippen molar-refractivity contribution in [2.75, 3.05) is 0 Å². The Morgan fingerprint density at radius 2 is 2.00 bits per heavy atom. The molecule has 1 aliphatic rings. The van der Waals surface area contributed by atoms with Crippen LogP contribution in [0, 0.1) is 0 Å². The van der Waals surface area contributed by atoms with Crippen LogP contribution in [0.25, 0.3) is 4.96 Å². The summed E-state index contributed by atoms with van der Waals surface area (Å²) in [6.45, 7) is 4.24. The van der Waals surface area contributed by atoms with Gasteiger partial charge >= 0.3 is 0 Å². The molecule has 6 heteroatoms. The van der Waals surface area contributed by atoms with E-state index >= 15 is 0 Å². The number of nitrogens with zero attached hydrogens (tertiary/aromatic N) is 4. The van der Waals surface area contributed by atoms with Crippen molar-refractivity contribution in [2.24, 2.45) is 5.73 Å². The van der Waals surface area contributed by atoms with Gasteiger partial charge in [-0.2, -0.15) is 9.61 Å². The van der Waals surface area contributed by atoms with Gasteiger partial charge in [-0.25, -0.2) is 0 Å². The molecule has 0 aromatic carbocycles. The molecule has 0 saturated heterocycles. The van der Waals surface area contributed by atoms with E-state index in [1.807, 2.05) is 4.52 Å². The highest BCUT2D eigenvalue weighted by Crippen LogP contribution is 2.33. The Kier molecular flexibility index (Phi) is 3.54. The quantitative estimate of drug-likeness (QED) is 0.858. The molecular formula is C13H21N5S. The molecule has 104 valence electrons. The predicted octanol–water partition coefficient (Wildman–Crippen LogP) is 2.68. The molecule has 2 aromatic rings. The lowest BCUT2D eigenvalue weighted by molar-refractivity contribution is 0.497. The van der Waals surface area contributed by atoms with Gasteiger partial charge in [-0.1, -0.05) is 44.4 Å². The van der Waals surface area contributed by atoms with E-state index < -0.39 is 0 Å². The highest BCUT2D eigenvalue weighted by Gasteiger charge is 2.26. The van der Waals surface area contributed by atoms with Gasteiger partial charge in [0.25, 0.3) is 0 Å². The lowest BCUT2D eigenvalue weighted by Crippen LogP contribution is -2.27. The first-order valence-electron chi connectivity index (χ1n) is 7.14. The molecule has 1 aliphatic carbocycles. The molecule has 1 fully saturated rings. The fraction of sp³-hybridized carbons (Fsp3) is 0.769. The summed E-state index contributed by atoms with van der Waals surface area (Å²) in [5.41, 5.74) is 6.32. The summed E-state index contributed by atoms with van der Waals surface area (Å²) in [5, 5.41) is 14.3. The number of aromatic nitrogens is 4. The number of hydrogen-bond acceptors (Lipinski definition) is 5. The topological polar surface area (TPSA) is 69.1 Å². The smallest absolute Gasteiger partial charge is 0.234 e. The van der Waals surface area contributed by atoms with E-state index in [2.05, 4.69) is 24.0 Å². The zero-order valence-electron chi connectivity index (χ0n) is 11.5. The van der Waals surface area contributed by atoms with Gasteiger partial charge < -0.3 is 5.73 Å². The van der Waals surface area contributed by atoms with Crippen LogP contribution in [0.2, 0.25) is 0 Å². The highest BCUT2D eigenvalue weighted by molar-refractivity contribution is 7.16. The Morgan fingerprint density at radius 1 is 1.21 bits per heavy atom. The van der Waals surface area contributed by atoms with Crippen molar-refractivity contribution in [3.05, 3.63) is 10.8 Å². The molecule has 0 aliphatic heterocycles. The summed E-state index contributed by atoms with van der Waals surface area (Å²) in [4.78, 5) is 0.898. The molecule has 2 heterocycles. The zero-order valence-corrected chi connectivity index (χ0v) is 12.4. The summed E-state index contributed by atoms with van der Waals surface area (Å²) in [6, 6.07) is 0.244. The van der Waals surface area contributed by atoms with Crippen LogP contribution in [0.3, 0.4) is 0 Å². The van der Waals surface area contributed by atoms with E-state index in [4.69, 9.17) is 10.8 Å². The van der Waals surface area contributed by atoms with Gasteiger partial charge in [0.2, 0.25) is 4.96 Å². The van der Waals surface area contributed by atoms with Crippen LogP contribution in [0.15, 0.2) is 0 Å². The number of nitrogens with two attached hydrogens (primary N) is 1. The Labute approximate surface area is 117 Å². The normalized spacial score (nSPS) is 25.1. The third-order valence-electron chi connectivity index (χ3n) is 3.93. The number of fused-ring (bicyclic) bond motifs is 1. The molecule has 0 radical (unpaired) electrons. The van der Waals surface area contributed by atoms with Crippen LogP contribution < -0.4 is 5.73 Å². The Bertz CT molecular complexity index is 558.